The van der Waals surface area contributed by atoms with E-state index in [2.05, 4.69) is 73.5 Å². The van der Waals surface area contributed by atoms with Crippen molar-refractivity contribution in [3.63, 3.8) is 0 Å². The van der Waals surface area contributed by atoms with E-state index in [9.17, 15) is 4.39 Å². The van der Waals surface area contributed by atoms with Gasteiger partial charge >= 0.3 is 0 Å². The van der Waals surface area contributed by atoms with E-state index in [-0.39, 0.29) is 5.92 Å². The van der Waals surface area contributed by atoms with Gasteiger partial charge in [-0.1, -0.05) is 61.5 Å². The van der Waals surface area contributed by atoms with Crippen LogP contribution >= 0.6 is 0 Å². The van der Waals surface area contributed by atoms with E-state index < -0.39 is 6.17 Å². The summed E-state index contributed by atoms with van der Waals surface area (Å²) < 4.78 is 14.0. The number of rotatable bonds is 9. The summed E-state index contributed by atoms with van der Waals surface area (Å²) >= 11 is 0. The highest BCUT2D eigenvalue weighted by molar-refractivity contribution is 5.27. The van der Waals surface area contributed by atoms with Crippen molar-refractivity contribution in [3.05, 3.63) is 71.3 Å². The first kappa shape index (κ1) is 24.1. The van der Waals surface area contributed by atoms with Gasteiger partial charge < -0.3 is 4.90 Å². The molecule has 162 valence electrons. The molecule has 0 aromatic heterocycles. The minimum absolute atomic E-state index is 0.131. The van der Waals surface area contributed by atoms with Crippen molar-refractivity contribution < 1.29 is 4.39 Å². The van der Waals surface area contributed by atoms with Gasteiger partial charge in [-0.05, 0) is 68.7 Å². The molecule has 0 spiro atoms. The van der Waals surface area contributed by atoms with Crippen LogP contribution in [0.15, 0.2) is 54.6 Å². The third kappa shape index (κ3) is 7.58. The van der Waals surface area contributed by atoms with Crippen molar-refractivity contribution in [1.82, 2.24) is 4.90 Å². The minimum atomic E-state index is -0.640. The number of hydrogen-bond acceptors (Lipinski definition) is 2. The fourth-order valence-electron chi connectivity index (χ4n) is 4.42. The molecule has 30 heavy (non-hydrogen) atoms. The first-order valence-electron chi connectivity index (χ1n) is 11.4. The SMILES string of the molecule is CC#N.CCC(CCc1ccc(C2CCCC2F)cc1)N(C)CCc1ccccc1. The van der Waals surface area contributed by atoms with Gasteiger partial charge in [0.2, 0.25) is 0 Å². The Morgan fingerprint density at radius 1 is 1.03 bits per heavy atom. The number of hydrogen-bond donors (Lipinski definition) is 0. The lowest BCUT2D eigenvalue weighted by Gasteiger charge is -2.27. The summed E-state index contributed by atoms with van der Waals surface area (Å²) in [6.07, 6.45) is 6.68. The average molecular weight is 409 g/mol. The minimum Gasteiger partial charge on any atom is -0.303 e. The quantitative estimate of drug-likeness (QED) is 0.461. The molecule has 2 aromatic rings. The van der Waals surface area contributed by atoms with Crippen LogP contribution < -0.4 is 0 Å². The number of halogens is 1. The van der Waals surface area contributed by atoms with Crippen molar-refractivity contribution in [2.24, 2.45) is 0 Å². The Morgan fingerprint density at radius 3 is 2.23 bits per heavy atom. The lowest BCUT2D eigenvalue weighted by atomic mass is 9.94. The van der Waals surface area contributed by atoms with Gasteiger partial charge in [0, 0.05) is 25.4 Å². The monoisotopic (exact) mass is 408 g/mol. The Balaban J connectivity index is 0.00000101. The maximum atomic E-state index is 14.0. The molecule has 0 heterocycles. The van der Waals surface area contributed by atoms with Gasteiger partial charge in [0.1, 0.15) is 6.17 Å². The fraction of sp³-hybridized carbons (Fsp3) is 0.519. The summed E-state index contributed by atoms with van der Waals surface area (Å²) in [5, 5.41) is 7.32. The number of benzene rings is 2. The molecule has 0 aliphatic heterocycles. The molecule has 0 bridgehead atoms. The molecule has 3 unspecified atom stereocenters. The second-order valence-electron chi connectivity index (χ2n) is 8.34. The van der Waals surface area contributed by atoms with Gasteiger partial charge in [0.05, 0.1) is 6.07 Å². The van der Waals surface area contributed by atoms with Crippen LogP contribution in [0.5, 0.6) is 0 Å². The van der Waals surface area contributed by atoms with Gasteiger partial charge in [0.15, 0.2) is 0 Å². The number of aryl methyl sites for hydroxylation is 1. The molecule has 1 aliphatic rings. The van der Waals surface area contributed by atoms with Crippen LogP contribution in [0.3, 0.4) is 0 Å². The number of nitriles is 1. The van der Waals surface area contributed by atoms with Crippen LogP contribution in [0.25, 0.3) is 0 Å². The predicted molar refractivity (Wildman–Crippen MR) is 124 cm³/mol. The van der Waals surface area contributed by atoms with Crippen LogP contribution in [-0.2, 0) is 12.8 Å². The third-order valence-corrected chi connectivity index (χ3v) is 6.30. The van der Waals surface area contributed by atoms with E-state index in [0.717, 1.165) is 38.6 Å². The molecular weight excluding hydrogens is 371 g/mol. The molecule has 0 amide bonds. The van der Waals surface area contributed by atoms with Gasteiger partial charge in [0.25, 0.3) is 0 Å². The molecule has 0 radical (unpaired) electrons. The number of likely N-dealkylation sites (N-methyl/N-ethyl adjacent to an activating group) is 1. The zero-order chi connectivity index (χ0) is 21.8. The Labute approximate surface area is 182 Å². The van der Waals surface area contributed by atoms with Crippen LogP contribution in [0.4, 0.5) is 4.39 Å². The van der Waals surface area contributed by atoms with E-state index in [1.807, 2.05) is 0 Å². The maximum Gasteiger partial charge on any atom is 0.107 e. The molecule has 3 rings (SSSR count). The predicted octanol–water partition coefficient (Wildman–Crippen LogP) is 6.71. The molecule has 0 N–H and O–H groups in total. The summed E-state index contributed by atoms with van der Waals surface area (Å²) in [5.74, 6) is 0.131. The smallest absolute Gasteiger partial charge is 0.107 e. The Morgan fingerprint density at radius 2 is 1.67 bits per heavy atom. The molecule has 2 nitrogen and oxygen atoms in total. The highest BCUT2D eigenvalue weighted by Crippen LogP contribution is 2.36. The molecule has 0 saturated heterocycles. The Kier molecular flexibility index (Phi) is 10.6. The van der Waals surface area contributed by atoms with Crippen LogP contribution in [0.2, 0.25) is 0 Å². The van der Waals surface area contributed by atoms with Crippen molar-refractivity contribution >= 4 is 0 Å². The van der Waals surface area contributed by atoms with Crippen LogP contribution in [0, 0.1) is 11.3 Å². The fourth-order valence-corrected chi connectivity index (χ4v) is 4.42. The Hall–Kier alpha value is -2.18. The Bertz CT molecular complexity index is 751. The first-order chi connectivity index (χ1) is 14.6. The van der Waals surface area contributed by atoms with E-state index in [1.165, 1.54) is 36.5 Å². The highest BCUT2D eigenvalue weighted by Gasteiger charge is 2.28. The largest absolute Gasteiger partial charge is 0.303 e. The normalized spacial score (nSPS) is 19.1. The average Bonchev–Trinajstić information content (AvgIpc) is 3.20. The van der Waals surface area contributed by atoms with Crippen molar-refractivity contribution in [2.75, 3.05) is 13.6 Å². The van der Waals surface area contributed by atoms with Crippen LogP contribution in [0.1, 0.15) is 68.6 Å². The summed E-state index contributed by atoms with van der Waals surface area (Å²) in [6, 6.07) is 21.9. The lowest BCUT2D eigenvalue weighted by Crippen LogP contribution is -2.33. The number of alkyl halides is 1. The summed E-state index contributed by atoms with van der Waals surface area (Å²) in [5.41, 5.74) is 3.98. The maximum absolute atomic E-state index is 14.0. The summed E-state index contributed by atoms with van der Waals surface area (Å²) in [4.78, 5) is 2.51. The number of nitrogens with zero attached hydrogens (tertiary/aromatic N) is 2. The molecule has 2 aromatic carbocycles. The van der Waals surface area contributed by atoms with E-state index in [1.54, 1.807) is 6.07 Å². The van der Waals surface area contributed by atoms with E-state index in [4.69, 9.17) is 5.26 Å². The van der Waals surface area contributed by atoms with Gasteiger partial charge in [-0.3, -0.25) is 0 Å². The molecular formula is C27H37FN2. The summed E-state index contributed by atoms with van der Waals surface area (Å²) in [7, 11) is 2.25. The standard InChI is InChI=1S/C25H34FN.C2H3N/c1-3-23(27(2)19-18-20-8-5-4-6-9-20)17-14-21-12-15-22(16-13-21)24-10-7-11-25(24)26;1-2-3/h4-6,8-9,12-13,15-16,23-25H,3,7,10-11,14,17-19H2,1-2H3;1H3. The van der Waals surface area contributed by atoms with Gasteiger partial charge in [-0.25, -0.2) is 4.39 Å². The van der Waals surface area contributed by atoms with Gasteiger partial charge in [-0.15, -0.1) is 0 Å². The van der Waals surface area contributed by atoms with Crippen LogP contribution in [-0.4, -0.2) is 30.7 Å². The zero-order valence-electron chi connectivity index (χ0n) is 18.9. The molecule has 1 fully saturated rings. The topological polar surface area (TPSA) is 27.0 Å². The summed E-state index contributed by atoms with van der Waals surface area (Å²) in [6.45, 7) is 4.81. The zero-order valence-corrected chi connectivity index (χ0v) is 18.9. The molecule has 3 atom stereocenters. The van der Waals surface area contributed by atoms with Crippen molar-refractivity contribution in [1.29, 1.82) is 5.26 Å². The van der Waals surface area contributed by atoms with E-state index >= 15 is 0 Å². The molecule has 3 heteroatoms. The molecule has 1 aliphatic carbocycles. The second kappa shape index (κ2) is 13.2. The van der Waals surface area contributed by atoms with Crippen molar-refractivity contribution in [2.45, 2.75) is 76.9 Å². The van der Waals surface area contributed by atoms with Gasteiger partial charge in [-0.2, -0.15) is 5.26 Å². The second-order valence-corrected chi connectivity index (χ2v) is 8.34. The highest BCUT2D eigenvalue weighted by atomic mass is 19.1. The van der Waals surface area contributed by atoms with Crippen molar-refractivity contribution in [3.8, 4) is 6.07 Å². The first-order valence-corrected chi connectivity index (χ1v) is 11.4. The lowest BCUT2D eigenvalue weighted by molar-refractivity contribution is 0.227. The van der Waals surface area contributed by atoms with E-state index in [0.29, 0.717) is 6.04 Å². The molecule has 1 saturated carbocycles. The third-order valence-electron chi connectivity index (χ3n) is 6.30.